The van der Waals surface area contributed by atoms with Crippen molar-refractivity contribution < 1.29 is 4.92 Å². The van der Waals surface area contributed by atoms with Crippen molar-refractivity contribution in [2.75, 3.05) is 17.6 Å². The number of nitrogens with zero attached hydrogens (tertiary/aromatic N) is 1. The predicted octanol–water partition coefficient (Wildman–Crippen LogP) is 3.60. The maximum absolute atomic E-state index is 10.7. The Balaban J connectivity index is 1.99. The van der Waals surface area contributed by atoms with Crippen molar-refractivity contribution >= 4 is 23.1 Å². The fraction of sp³-hybridized carbons (Fsp3) is 0.538. The van der Waals surface area contributed by atoms with Crippen molar-refractivity contribution in [3.63, 3.8) is 0 Å². The first-order valence-electron chi connectivity index (χ1n) is 6.27. The zero-order valence-electron chi connectivity index (χ0n) is 10.5. The minimum absolute atomic E-state index is 0.152. The molecule has 1 saturated heterocycles. The highest BCUT2D eigenvalue weighted by Crippen LogP contribution is 2.27. The molecule has 1 heterocycles. The van der Waals surface area contributed by atoms with Crippen molar-refractivity contribution in [3.8, 4) is 0 Å². The summed E-state index contributed by atoms with van der Waals surface area (Å²) in [6, 6.07) is 4.98. The zero-order chi connectivity index (χ0) is 13.0. The molecule has 98 valence electrons. The van der Waals surface area contributed by atoms with Crippen LogP contribution in [0.1, 0.15) is 24.8 Å². The van der Waals surface area contributed by atoms with Gasteiger partial charge in [0.2, 0.25) is 0 Å². The van der Waals surface area contributed by atoms with E-state index < -0.39 is 0 Å². The van der Waals surface area contributed by atoms with Crippen LogP contribution in [0.4, 0.5) is 11.4 Å². The topological polar surface area (TPSA) is 55.2 Å². The molecule has 5 heteroatoms. The van der Waals surface area contributed by atoms with Crippen LogP contribution < -0.4 is 5.32 Å². The maximum atomic E-state index is 10.7. The molecule has 1 aromatic rings. The van der Waals surface area contributed by atoms with Crippen molar-refractivity contribution in [1.29, 1.82) is 0 Å². The first-order chi connectivity index (χ1) is 8.66. The minimum Gasteiger partial charge on any atom is -0.384 e. The highest BCUT2D eigenvalue weighted by Gasteiger charge is 2.14. The smallest absolute Gasteiger partial charge is 0.271 e. The molecule has 0 radical (unpaired) electrons. The zero-order valence-corrected chi connectivity index (χ0v) is 11.3. The predicted molar refractivity (Wildman–Crippen MR) is 76.4 cm³/mol. The van der Waals surface area contributed by atoms with E-state index in [1.54, 1.807) is 18.2 Å². The summed E-state index contributed by atoms with van der Waals surface area (Å²) in [6.45, 7) is 2.87. The number of rotatable bonds is 4. The Morgan fingerprint density at radius 3 is 3.00 bits per heavy atom. The van der Waals surface area contributed by atoms with Crippen molar-refractivity contribution in [3.05, 3.63) is 33.9 Å². The highest BCUT2D eigenvalue weighted by molar-refractivity contribution is 7.99. The Labute approximate surface area is 111 Å². The van der Waals surface area contributed by atoms with E-state index >= 15 is 0 Å². The molecule has 1 atom stereocenters. The Morgan fingerprint density at radius 1 is 1.50 bits per heavy atom. The van der Waals surface area contributed by atoms with Gasteiger partial charge in [0.15, 0.2) is 0 Å². The molecule has 0 bridgehead atoms. The first kappa shape index (κ1) is 13.2. The van der Waals surface area contributed by atoms with Gasteiger partial charge in [-0.25, -0.2) is 0 Å². The summed E-state index contributed by atoms with van der Waals surface area (Å²) in [5.41, 5.74) is 2.09. The lowest BCUT2D eigenvalue weighted by molar-refractivity contribution is -0.384. The Bertz CT molecular complexity index is 431. The molecule has 1 aromatic carbocycles. The van der Waals surface area contributed by atoms with Crippen LogP contribution in [0.3, 0.4) is 0 Å². The van der Waals surface area contributed by atoms with Gasteiger partial charge < -0.3 is 5.32 Å². The number of nitro groups is 1. The van der Waals surface area contributed by atoms with E-state index in [-0.39, 0.29) is 10.6 Å². The molecular weight excluding hydrogens is 248 g/mol. The van der Waals surface area contributed by atoms with Gasteiger partial charge in [-0.2, -0.15) is 11.8 Å². The minimum atomic E-state index is -0.347. The average molecular weight is 266 g/mol. The van der Waals surface area contributed by atoms with Gasteiger partial charge in [0.1, 0.15) is 0 Å². The molecule has 2 rings (SSSR count). The summed E-state index contributed by atoms with van der Waals surface area (Å²) < 4.78 is 0. The number of benzene rings is 1. The van der Waals surface area contributed by atoms with Crippen molar-refractivity contribution in [2.24, 2.45) is 0 Å². The Morgan fingerprint density at radius 2 is 2.33 bits per heavy atom. The largest absolute Gasteiger partial charge is 0.384 e. The molecule has 1 unspecified atom stereocenters. The summed E-state index contributed by atoms with van der Waals surface area (Å²) >= 11 is 2.00. The summed E-state index contributed by atoms with van der Waals surface area (Å²) in [5, 5.41) is 14.7. The number of nitrogens with one attached hydrogen (secondary N) is 1. The fourth-order valence-electron chi connectivity index (χ4n) is 2.11. The number of anilines is 1. The van der Waals surface area contributed by atoms with Crippen LogP contribution in [0.2, 0.25) is 0 Å². The second-order valence-electron chi connectivity index (χ2n) is 4.63. The SMILES string of the molecule is Cc1ccc([N+](=O)[O-])cc1NCC1CCCCS1. The molecule has 0 saturated carbocycles. The molecule has 0 aliphatic carbocycles. The van der Waals surface area contributed by atoms with Crippen LogP contribution in [0.5, 0.6) is 0 Å². The van der Waals surface area contributed by atoms with Gasteiger partial charge in [-0.3, -0.25) is 10.1 Å². The van der Waals surface area contributed by atoms with Crippen LogP contribution in [0, 0.1) is 17.0 Å². The van der Waals surface area contributed by atoms with E-state index in [2.05, 4.69) is 5.32 Å². The van der Waals surface area contributed by atoms with Crippen molar-refractivity contribution in [1.82, 2.24) is 0 Å². The second kappa shape index (κ2) is 6.09. The van der Waals surface area contributed by atoms with E-state index in [0.717, 1.165) is 17.8 Å². The third-order valence-electron chi connectivity index (χ3n) is 3.23. The highest BCUT2D eigenvalue weighted by atomic mass is 32.2. The van der Waals surface area contributed by atoms with Gasteiger partial charge >= 0.3 is 0 Å². The number of aryl methyl sites for hydroxylation is 1. The molecule has 1 N–H and O–H groups in total. The van der Waals surface area contributed by atoms with Crippen molar-refractivity contribution in [2.45, 2.75) is 31.4 Å². The van der Waals surface area contributed by atoms with Gasteiger partial charge in [-0.05, 0) is 31.1 Å². The third kappa shape index (κ3) is 3.38. The summed E-state index contributed by atoms with van der Waals surface area (Å²) in [6.07, 6.45) is 3.86. The third-order valence-corrected chi connectivity index (χ3v) is 4.62. The number of hydrogen-bond acceptors (Lipinski definition) is 4. The van der Waals surface area contributed by atoms with Crippen LogP contribution >= 0.6 is 11.8 Å². The molecule has 1 aliphatic rings. The van der Waals surface area contributed by atoms with Gasteiger partial charge in [-0.15, -0.1) is 0 Å². The second-order valence-corrected chi connectivity index (χ2v) is 6.03. The number of non-ortho nitro benzene ring substituents is 1. The molecule has 1 aliphatic heterocycles. The molecule has 0 aromatic heterocycles. The number of nitro benzene ring substituents is 1. The lowest BCUT2D eigenvalue weighted by atomic mass is 10.1. The first-order valence-corrected chi connectivity index (χ1v) is 7.32. The maximum Gasteiger partial charge on any atom is 0.271 e. The molecule has 18 heavy (non-hydrogen) atoms. The molecular formula is C13H18N2O2S. The Hall–Kier alpha value is -1.23. The molecule has 0 spiro atoms. The van der Waals surface area contributed by atoms with E-state index in [1.165, 1.54) is 25.0 Å². The summed E-state index contributed by atoms with van der Waals surface area (Å²) in [7, 11) is 0. The molecule has 1 fully saturated rings. The van der Waals surface area contributed by atoms with Gasteiger partial charge in [0, 0.05) is 29.6 Å². The number of hydrogen-bond donors (Lipinski definition) is 1. The lowest BCUT2D eigenvalue weighted by Gasteiger charge is -2.22. The van der Waals surface area contributed by atoms with Crippen LogP contribution in [0.15, 0.2) is 18.2 Å². The standard InChI is InChI=1S/C13H18N2O2S/c1-10-5-6-11(15(16)17)8-13(10)14-9-12-4-2-3-7-18-12/h5-6,8,12,14H,2-4,7,9H2,1H3. The Kier molecular flexibility index (Phi) is 4.47. The lowest BCUT2D eigenvalue weighted by Crippen LogP contribution is -2.20. The van der Waals surface area contributed by atoms with Crippen LogP contribution in [-0.4, -0.2) is 22.5 Å². The molecule has 0 amide bonds. The van der Waals surface area contributed by atoms with E-state index in [9.17, 15) is 10.1 Å². The monoisotopic (exact) mass is 266 g/mol. The van der Waals surface area contributed by atoms with E-state index in [0.29, 0.717) is 5.25 Å². The van der Waals surface area contributed by atoms with Gasteiger partial charge in [-0.1, -0.05) is 12.5 Å². The normalized spacial score (nSPS) is 19.5. The van der Waals surface area contributed by atoms with E-state index in [4.69, 9.17) is 0 Å². The quantitative estimate of drug-likeness (QED) is 0.668. The fourth-order valence-corrected chi connectivity index (χ4v) is 3.34. The number of thioether (sulfide) groups is 1. The summed E-state index contributed by atoms with van der Waals surface area (Å²) in [5.74, 6) is 1.24. The van der Waals surface area contributed by atoms with Gasteiger partial charge in [0.25, 0.3) is 5.69 Å². The van der Waals surface area contributed by atoms with Gasteiger partial charge in [0.05, 0.1) is 4.92 Å². The van der Waals surface area contributed by atoms with Crippen LogP contribution in [0.25, 0.3) is 0 Å². The van der Waals surface area contributed by atoms with Crippen LogP contribution in [-0.2, 0) is 0 Å². The van der Waals surface area contributed by atoms with E-state index in [1.807, 2.05) is 18.7 Å². The average Bonchev–Trinajstić information content (AvgIpc) is 2.38. The molecule has 4 nitrogen and oxygen atoms in total. The summed E-state index contributed by atoms with van der Waals surface area (Å²) in [4.78, 5) is 10.4.